The van der Waals surface area contributed by atoms with Crippen LogP contribution in [0.4, 0.5) is 13.2 Å². The fourth-order valence-corrected chi connectivity index (χ4v) is 9.99. The van der Waals surface area contributed by atoms with Crippen molar-refractivity contribution < 1.29 is 23.0 Å². The molecule has 0 aromatic rings. The summed E-state index contributed by atoms with van der Waals surface area (Å²) >= 11 is 0. The number of rotatable bonds is 9. The number of unbranched alkanes of at least 4 members (excludes halogenated alkanes) is 2. The van der Waals surface area contributed by atoms with Gasteiger partial charge in [-0.25, -0.2) is 0 Å². The lowest BCUT2D eigenvalue weighted by molar-refractivity contribution is -0.290. The topological polar surface area (TPSA) is 29.5 Å². The number of ether oxygens (including phenoxy) is 1. The molecule has 4 rings (SSSR count). The molecule has 0 spiro atoms. The van der Waals surface area contributed by atoms with Crippen molar-refractivity contribution in [3.05, 3.63) is 0 Å². The minimum absolute atomic E-state index is 0.0106. The summed E-state index contributed by atoms with van der Waals surface area (Å²) in [5, 5.41) is 10.5. The summed E-state index contributed by atoms with van der Waals surface area (Å²) in [6, 6.07) is 0. The first-order valence-corrected chi connectivity index (χ1v) is 15.6. The van der Waals surface area contributed by atoms with Crippen LogP contribution in [0.1, 0.15) is 125 Å². The highest BCUT2D eigenvalue weighted by molar-refractivity contribution is 5.12. The van der Waals surface area contributed by atoms with E-state index >= 15 is 0 Å². The monoisotopic (exact) mass is 528 g/mol. The third-order valence-electron chi connectivity index (χ3n) is 12.5. The Bertz CT molecular complexity index is 768. The summed E-state index contributed by atoms with van der Waals surface area (Å²) in [7, 11) is 0. The predicted octanol–water partition coefficient (Wildman–Crippen LogP) is 9.20. The van der Waals surface area contributed by atoms with E-state index in [9.17, 15) is 18.3 Å². The molecular formula is C32H55F3O2. The van der Waals surface area contributed by atoms with E-state index in [1.165, 1.54) is 38.5 Å². The van der Waals surface area contributed by atoms with E-state index in [1.54, 1.807) is 0 Å². The van der Waals surface area contributed by atoms with E-state index < -0.39 is 11.8 Å². The zero-order valence-electron chi connectivity index (χ0n) is 24.5. The molecule has 0 unspecified atom stereocenters. The molecule has 4 aliphatic rings. The molecule has 10 atom stereocenters. The summed E-state index contributed by atoms with van der Waals surface area (Å²) in [5.41, 5.74) is -2.22. The van der Waals surface area contributed by atoms with Gasteiger partial charge in [0.1, 0.15) is 0 Å². The Morgan fingerprint density at radius 2 is 1.54 bits per heavy atom. The first-order valence-electron chi connectivity index (χ1n) is 15.6. The second kappa shape index (κ2) is 10.9. The third kappa shape index (κ3) is 5.52. The summed E-state index contributed by atoms with van der Waals surface area (Å²) in [5.74, 6) is 3.80. The highest BCUT2D eigenvalue weighted by Crippen LogP contribution is 2.69. The van der Waals surface area contributed by atoms with Crippen LogP contribution in [-0.2, 0) is 4.74 Å². The van der Waals surface area contributed by atoms with Crippen LogP contribution in [0.2, 0.25) is 0 Å². The zero-order valence-corrected chi connectivity index (χ0v) is 24.5. The second-order valence-corrected chi connectivity index (χ2v) is 14.8. The number of fused-ring (bicyclic) bond motifs is 5. The standard InChI is InChI=1S/C32H55F3O2/c1-21(2)10-8-7-9-19-37-23(4)22(3)26-13-14-27-25-12-11-24-20-31(36,32(33,34)35)18-17-29(24,5)28(25)15-16-30(26,27)6/h21-28,36H,7-20H2,1-6H3/t22-,23-,24+,25+,26-,27+,28+,29+,30-,31+/m1/s1. The maximum absolute atomic E-state index is 13.7. The number of hydrogen-bond acceptors (Lipinski definition) is 2. The van der Waals surface area contributed by atoms with E-state index in [2.05, 4.69) is 41.5 Å². The lowest BCUT2D eigenvalue weighted by Crippen LogP contribution is -2.59. The smallest absolute Gasteiger partial charge is 0.380 e. The molecule has 0 aromatic heterocycles. The lowest BCUT2D eigenvalue weighted by atomic mass is 9.43. The van der Waals surface area contributed by atoms with Gasteiger partial charge in [0, 0.05) is 6.61 Å². The van der Waals surface area contributed by atoms with Gasteiger partial charge in [0.05, 0.1) is 6.10 Å². The Morgan fingerprint density at radius 1 is 0.838 bits per heavy atom. The van der Waals surface area contributed by atoms with E-state index in [1.807, 2.05) is 0 Å². The molecule has 0 aliphatic heterocycles. The molecule has 4 fully saturated rings. The first kappa shape index (κ1) is 29.7. The van der Waals surface area contributed by atoms with Crippen LogP contribution in [0.5, 0.6) is 0 Å². The Balaban J connectivity index is 1.36. The van der Waals surface area contributed by atoms with E-state index in [4.69, 9.17) is 4.74 Å². The SMILES string of the molecule is CC(C)CCCCCO[C@H](C)[C@@H](C)[C@H]1CC[C@H]2[C@@H]3CC[C@H]4C[C@](O)(C(F)(F)F)CC[C@]4(C)[C@H]3CC[C@]12C. The number of alkyl halides is 3. The fraction of sp³-hybridized carbons (Fsp3) is 1.00. The van der Waals surface area contributed by atoms with Gasteiger partial charge in [-0.1, -0.05) is 53.9 Å². The number of hydrogen-bond donors (Lipinski definition) is 1. The molecule has 0 amide bonds. The van der Waals surface area contributed by atoms with Gasteiger partial charge in [0.25, 0.3) is 0 Å². The van der Waals surface area contributed by atoms with Crippen molar-refractivity contribution in [2.45, 2.75) is 143 Å². The second-order valence-electron chi connectivity index (χ2n) is 14.8. The van der Waals surface area contributed by atoms with Crippen LogP contribution >= 0.6 is 0 Å². The summed E-state index contributed by atoms with van der Waals surface area (Å²) in [4.78, 5) is 0. The Morgan fingerprint density at radius 3 is 2.22 bits per heavy atom. The van der Waals surface area contributed by atoms with Crippen molar-refractivity contribution in [2.24, 2.45) is 52.3 Å². The number of halogens is 3. The third-order valence-corrected chi connectivity index (χ3v) is 12.5. The van der Waals surface area contributed by atoms with Gasteiger partial charge >= 0.3 is 6.18 Å². The van der Waals surface area contributed by atoms with Gasteiger partial charge in [-0.15, -0.1) is 0 Å². The minimum atomic E-state index is -4.52. The molecule has 0 heterocycles. The van der Waals surface area contributed by atoms with Crippen molar-refractivity contribution in [1.82, 2.24) is 0 Å². The van der Waals surface area contributed by atoms with Crippen LogP contribution in [0.3, 0.4) is 0 Å². The summed E-state index contributed by atoms with van der Waals surface area (Å²) in [6.45, 7) is 14.9. The van der Waals surface area contributed by atoms with Crippen molar-refractivity contribution in [2.75, 3.05) is 6.61 Å². The fourth-order valence-electron chi connectivity index (χ4n) is 9.99. The molecule has 4 saturated carbocycles. The summed E-state index contributed by atoms with van der Waals surface area (Å²) < 4.78 is 47.3. The van der Waals surface area contributed by atoms with Crippen LogP contribution in [0.15, 0.2) is 0 Å². The van der Waals surface area contributed by atoms with E-state index in [0.29, 0.717) is 41.4 Å². The first-order chi connectivity index (χ1) is 17.2. The highest BCUT2D eigenvalue weighted by Gasteiger charge is 2.65. The quantitative estimate of drug-likeness (QED) is 0.302. The maximum atomic E-state index is 13.7. The molecule has 4 aliphatic carbocycles. The molecule has 1 N–H and O–H groups in total. The average Bonchev–Trinajstić information content (AvgIpc) is 3.17. The van der Waals surface area contributed by atoms with Crippen molar-refractivity contribution in [3.8, 4) is 0 Å². The molecule has 37 heavy (non-hydrogen) atoms. The van der Waals surface area contributed by atoms with Crippen LogP contribution < -0.4 is 0 Å². The molecule has 0 saturated heterocycles. The maximum Gasteiger partial charge on any atom is 0.417 e. The van der Waals surface area contributed by atoms with Gasteiger partial charge in [0.15, 0.2) is 5.60 Å². The minimum Gasteiger partial charge on any atom is -0.380 e. The molecular weight excluding hydrogens is 473 g/mol. The van der Waals surface area contributed by atoms with Gasteiger partial charge in [-0.2, -0.15) is 13.2 Å². The van der Waals surface area contributed by atoms with Gasteiger partial charge < -0.3 is 9.84 Å². The highest BCUT2D eigenvalue weighted by atomic mass is 19.4. The Labute approximate surface area is 224 Å². The van der Waals surface area contributed by atoms with E-state index in [-0.39, 0.29) is 30.3 Å². The van der Waals surface area contributed by atoms with Crippen LogP contribution in [-0.4, -0.2) is 29.6 Å². The molecule has 0 aromatic carbocycles. The molecule has 0 bridgehead atoms. The lowest BCUT2D eigenvalue weighted by Gasteiger charge is -2.62. The predicted molar refractivity (Wildman–Crippen MR) is 144 cm³/mol. The zero-order chi connectivity index (χ0) is 27.2. The molecule has 2 nitrogen and oxygen atoms in total. The average molecular weight is 529 g/mol. The van der Waals surface area contributed by atoms with Gasteiger partial charge in [0.2, 0.25) is 0 Å². The Hall–Kier alpha value is -0.290. The van der Waals surface area contributed by atoms with Crippen molar-refractivity contribution in [1.29, 1.82) is 0 Å². The molecule has 216 valence electrons. The van der Waals surface area contributed by atoms with E-state index in [0.717, 1.165) is 38.2 Å². The summed E-state index contributed by atoms with van der Waals surface area (Å²) in [6.07, 6.45) is 7.83. The number of aliphatic hydroxyl groups is 1. The van der Waals surface area contributed by atoms with Gasteiger partial charge in [-0.3, -0.25) is 0 Å². The van der Waals surface area contributed by atoms with Crippen molar-refractivity contribution >= 4 is 0 Å². The van der Waals surface area contributed by atoms with Crippen LogP contribution in [0.25, 0.3) is 0 Å². The normalized spacial score (nSPS) is 43.7. The largest absolute Gasteiger partial charge is 0.417 e. The van der Waals surface area contributed by atoms with Crippen molar-refractivity contribution in [3.63, 3.8) is 0 Å². The van der Waals surface area contributed by atoms with Crippen LogP contribution in [0, 0.1) is 52.3 Å². The van der Waals surface area contributed by atoms with Gasteiger partial charge in [-0.05, 0) is 123 Å². The molecule has 5 heteroatoms. The Kier molecular flexibility index (Phi) is 8.78. The molecule has 0 radical (unpaired) electrons.